The molecule has 3 saturated carbocycles. The molecule has 164 valence electrons. The van der Waals surface area contributed by atoms with Crippen LogP contribution < -0.4 is 0 Å². The molecule has 3 aliphatic carbocycles. The van der Waals surface area contributed by atoms with Gasteiger partial charge in [-0.3, -0.25) is 4.39 Å². The molecule has 0 saturated heterocycles. The molecule has 0 radical (unpaired) electrons. The normalized spacial score (nSPS) is 36.8. The van der Waals surface area contributed by atoms with Crippen molar-refractivity contribution in [2.24, 2.45) is 35.0 Å². The summed E-state index contributed by atoms with van der Waals surface area (Å²) in [5, 5.41) is 0. The molecule has 0 heterocycles. The van der Waals surface area contributed by atoms with Gasteiger partial charge in [0.05, 0.1) is 6.67 Å². The predicted octanol–water partition coefficient (Wildman–Crippen LogP) is 8.84. The zero-order valence-corrected chi connectivity index (χ0v) is 19.6. The Balaban J connectivity index is 1.70. The van der Waals surface area contributed by atoms with E-state index in [0.29, 0.717) is 5.41 Å². The fraction of sp³-hybridized carbons (Fsp3) is 0.786. The van der Waals surface area contributed by atoms with Gasteiger partial charge in [0.15, 0.2) is 0 Å². The van der Waals surface area contributed by atoms with E-state index < -0.39 is 0 Å². The van der Waals surface area contributed by atoms with Gasteiger partial charge in [-0.25, -0.2) is 0 Å². The van der Waals surface area contributed by atoms with Crippen LogP contribution in [0.5, 0.6) is 0 Å². The molecule has 0 bridgehead atoms. The van der Waals surface area contributed by atoms with Crippen molar-refractivity contribution in [3.63, 3.8) is 0 Å². The van der Waals surface area contributed by atoms with Crippen molar-refractivity contribution in [1.29, 1.82) is 0 Å². The summed E-state index contributed by atoms with van der Waals surface area (Å²) in [6.07, 6.45) is 18.6. The van der Waals surface area contributed by atoms with E-state index in [1.807, 2.05) is 0 Å². The molecule has 0 spiro atoms. The van der Waals surface area contributed by atoms with Gasteiger partial charge >= 0.3 is 0 Å². The largest absolute Gasteiger partial charge is 0.251 e. The topological polar surface area (TPSA) is 0 Å². The highest BCUT2D eigenvalue weighted by Gasteiger charge is 2.50. The number of rotatable bonds is 7. The molecule has 0 aromatic carbocycles. The molecule has 0 unspecified atom stereocenters. The monoisotopic (exact) mass is 400 g/mol. The minimum Gasteiger partial charge on any atom is -0.251 e. The van der Waals surface area contributed by atoms with Crippen molar-refractivity contribution >= 4 is 0 Å². The quantitative estimate of drug-likeness (QED) is 0.400. The number of halogens is 1. The maximum Gasteiger partial charge on any atom is 0.0925 e. The van der Waals surface area contributed by atoms with E-state index in [-0.39, 0.29) is 12.6 Å². The number of hydrogen-bond acceptors (Lipinski definition) is 0. The Labute approximate surface area is 180 Å². The van der Waals surface area contributed by atoms with Gasteiger partial charge in [-0.2, -0.15) is 0 Å². The zero-order chi connectivity index (χ0) is 21.0. The van der Waals surface area contributed by atoms with Crippen LogP contribution in [0.3, 0.4) is 0 Å². The number of fused-ring (bicyclic) bond motifs is 1. The molecule has 1 heteroatoms. The fourth-order valence-electron chi connectivity index (χ4n) is 6.89. The molecular weight excluding hydrogens is 355 g/mol. The summed E-state index contributed by atoms with van der Waals surface area (Å²) in [5.41, 5.74) is 4.73. The molecule has 3 rings (SSSR count). The Hall–Kier alpha value is -0.850. The van der Waals surface area contributed by atoms with Crippen LogP contribution >= 0.6 is 0 Å². The summed E-state index contributed by atoms with van der Waals surface area (Å²) >= 11 is 0. The van der Waals surface area contributed by atoms with Crippen molar-refractivity contribution in [3.8, 4) is 0 Å². The van der Waals surface area contributed by atoms with E-state index in [2.05, 4.69) is 46.4 Å². The highest BCUT2D eigenvalue weighted by Crippen LogP contribution is 2.60. The third-order valence-electron chi connectivity index (χ3n) is 8.70. The maximum absolute atomic E-state index is 13.2. The minimum absolute atomic E-state index is 0.182. The molecule has 29 heavy (non-hydrogen) atoms. The second-order valence-electron chi connectivity index (χ2n) is 11.2. The molecular formula is C28H45F. The summed E-state index contributed by atoms with van der Waals surface area (Å²) in [7, 11) is 0. The van der Waals surface area contributed by atoms with Crippen molar-refractivity contribution in [1.82, 2.24) is 0 Å². The Bertz CT molecular complexity index is 624. The lowest BCUT2D eigenvalue weighted by molar-refractivity contribution is 0.0929. The van der Waals surface area contributed by atoms with Crippen LogP contribution in [0.1, 0.15) is 98.3 Å². The zero-order valence-electron chi connectivity index (χ0n) is 19.6. The Morgan fingerprint density at radius 3 is 2.62 bits per heavy atom. The Morgan fingerprint density at radius 1 is 1.10 bits per heavy atom. The standard InChI is InChI=1S/C28H45F/c1-20(2)8-6-9-22(4)26-15-16-27-24(10-7-17-28(26,27)5)13-14-25-18-23(19-29)12-11-21(25)3/h13-14,20,22-23,26-27H,3,6-12,15-19H2,1-2,4-5H3/b24-13+,25-14-/t22-,23-,26-,27+,28-/m1/s1. The van der Waals surface area contributed by atoms with Gasteiger partial charge in [0.1, 0.15) is 0 Å². The smallest absolute Gasteiger partial charge is 0.0925 e. The van der Waals surface area contributed by atoms with E-state index >= 15 is 0 Å². The van der Waals surface area contributed by atoms with Gasteiger partial charge in [0, 0.05) is 0 Å². The van der Waals surface area contributed by atoms with E-state index in [1.165, 1.54) is 62.5 Å². The van der Waals surface area contributed by atoms with Gasteiger partial charge in [-0.05, 0) is 91.9 Å². The molecule has 5 atom stereocenters. The Morgan fingerprint density at radius 2 is 1.90 bits per heavy atom. The summed E-state index contributed by atoms with van der Waals surface area (Å²) in [6.45, 7) is 13.9. The van der Waals surface area contributed by atoms with Gasteiger partial charge in [0.25, 0.3) is 0 Å². The summed E-state index contributed by atoms with van der Waals surface area (Å²) in [6, 6.07) is 0. The van der Waals surface area contributed by atoms with Crippen LogP contribution in [-0.4, -0.2) is 6.67 Å². The Kier molecular flexibility index (Phi) is 7.85. The van der Waals surface area contributed by atoms with Crippen molar-refractivity contribution < 1.29 is 4.39 Å². The fourth-order valence-corrected chi connectivity index (χ4v) is 6.89. The molecule has 3 aliphatic rings. The molecule has 0 aliphatic heterocycles. The van der Waals surface area contributed by atoms with Crippen molar-refractivity contribution in [2.75, 3.05) is 6.67 Å². The molecule has 3 fully saturated rings. The summed E-state index contributed by atoms with van der Waals surface area (Å²) in [5.74, 6) is 3.54. The molecule has 0 nitrogen and oxygen atoms in total. The second kappa shape index (κ2) is 9.97. The van der Waals surface area contributed by atoms with Gasteiger partial charge in [0.2, 0.25) is 0 Å². The van der Waals surface area contributed by atoms with Crippen LogP contribution in [0.25, 0.3) is 0 Å². The van der Waals surface area contributed by atoms with Crippen LogP contribution in [0.2, 0.25) is 0 Å². The highest BCUT2D eigenvalue weighted by atomic mass is 19.1. The van der Waals surface area contributed by atoms with Crippen LogP contribution in [0.4, 0.5) is 4.39 Å². The molecule has 0 N–H and O–H groups in total. The third-order valence-corrected chi connectivity index (χ3v) is 8.70. The SMILES string of the molecule is C=C1CC[C@@H](CF)C/C1=C/C=C1\CCC[C@]2(C)[C@@H]([C@H](C)CCCC(C)C)CC[C@@H]12. The maximum atomic E-state index is 13.2. The summed E-state index contributed by atoms with van der Waals surface area (Å²) in [4.78, 5) is 0. The average molecular weight is 401 g/mol. The van der Waals surface area contributed by atoms with E-state index in [9.17, 15) is 4.39 Å². The predicted molar refractivity (Wildman–Crippen MR) is 125 cm³/mol. The van der Waals surface area contributed by atoms with Gasteiger partial charge < -0.3 is 0 Å². The number of hydrogen-bond donors (Lipinski definition) is 0. The lowest BCUT2D eigenvalue weighted by Crippen LogP contribution is -2.36. The lowest BCUT2D eigenvalue weighted by Gasteiger charge is -2.44. The van der Waals surface area contributed by atoms with Gasteiger partial charge in [-0.15, -0.1) is 0 Å². The second-order valence-corrected chi connectivity index (χ2v) is 11.2. The molecule has 0 amide bonds. The first-order valence-electron chi connectivity index (χ1n) is 12.5. The van der Waals surface area contributed by atoms with Gasteiger partial charge in [-0.1, -0.05) is 76.8 Å². The average Bonchev–Trinajstić information content (AvgIpc) is 3.04. The van der Waals surface area contributed by atoms with Crippen LogP contribution in [0.15, 0.2) is 35.5 Å². The molecule has 0 aromatic heterocycles. The highest BCUT2D eigenvalue weighted by molar-refractivity contribution is 5.36. The van der Waals surface area contributed by atoms with Crippen LogP contribution in [0, 0.1) is 35.0 Å². The lowest BCUT2D eigenvalue weighted by atomic mass is 9.60. The first-order valence-corrected chi connectivity index (χ1v) is 12.5. The first kappa shape index (κ1) is 22.8. The van der Waals surface area contributed by atoms with Crippen molar-refractivity contribution in [2.45, 2.75) is 98.3 Å². The van der Waals surface area contributed by atoms with E-state index in [0.717, 1.165) is 42.9 Å². The number of allylic oxidation sites excluding steroid dienone is 5. The number of alkyl halides is 1. The summed E-state index contributed by atoms with van der Waals surface area (Å²) < 4.78 is 13.2. The van der Waals surface area contributed by atoms with Crippen molar-refractivity contribution in [3.05, 3.63) is 35.5 Å². The first-order chi connectivity index (χ1) is 13.8. The van der Waals surface area contributed by atoms with E-state index in [1.54, 1.807) is 5.57 Å². The van der Waals surface area contributed by atoms with Crippen LogP contribution in [-0.2, 0) is 0 Å². The third kappa shape index (κ3) is 5.26. The molecule has 0 aromatic rings. The minimum atomic E-state index is -0.182. The van der Waals surface area contributed by atoms with E-state index in [4.69, 9.17) is 0 Å².